The molecule has 0 saturated heterocycles. The highest BCUT2D eigenvalue weighted by atomic mass is 32.2. The second kappa shape index (κ2) is 8.65. The van der Waals surface area contributed by atoms with Gasteiger partial charge in [-0.3, -0.25) is 0 Å². The van der Waals surface area contributed by atoms with Crippen molar-refractivity contribution in [2.75, 3.05) is 26.8 Å². The molecule has 0 radical (unpaired) electrons. The summed E-state index contributed by atoms with van der Waals surface area (Å²) in [4.78, 5) is 0. The molecule has 0 aliphatic rings. The summed E-state index contributed by atoms with van der Waals surface area (Å²) in [6, 6.07) is 1.73. The van der Waals surface area contributed by atoms with Gasteiger partial charge in [-0.1, -0.05) is 6.92 Å². The summed E-state index contributed by atoms with van der Waals surface area (Å²) in [6.07, 6.45) is 1.64. The molecule has 2 N–H and O–H groups in total. The van der Waals surface area contributed by atoms with E-state index in [1.165, 1.54) is 11.3 Å². The third kappa shape index (κ3) is 6.01. The molecule has 0 unspecified atom stereocenters. The lowest BCUT2D eigenvalue weighted by Gasteiger charge is -2.04. The van der Waals surface area contributed by atoms with E-state index in [1.54, 1.807) is 13.2 Å². The first-order chi connectivity index (χ1) is 9.10. The van der Waals surface area contributed by atoms with Gasteiger partial charge in [0.05, 0.1) is 0 Å². The summed E-state index contributed by atoms with van der Waals surface area (Å²) in [6.45, 7) is 4.71. The number of ether oxygens (including phenoxy) is 1. The van der Waals surface area contributed by atoms with Gasteiger partial charge in [-0.25, -0.2) is 13.1 Å². The zero-order chi connectivity index (χ0) is 14.1. The average Bonchev–Trinajstić information content (AvgIpc) is 2.85. The number of methoxy groups -OCH3 is 1. The van der Waals surface area contributed by atoms with E-state index in [0.29, 0.717) is 23.9 Å². The van der Waals surface area contributed by atoms with Crippen LogP contribution in [0.2, 0.25) is 0 Å². The Morgan fingerprint density at radius 2 is 2.16 bits per heavy atom. The van der Waals surface area contributed by atoms with Crippen molar-refractivity contribution >= 4 is 21.4 Å². The Morgan fingerprint density at radius 1 is 1.37 bits per heavy atom. The first kappa shape index (κ1) is 16.6. The van der Waals surface area contributed by atoms with Crippen molar-refractivity contribution in [3.63, 3.8) is 0 Å². The Labute approximate surface area is 119 Å². The van der Waals surface area contributed by atoms with Crippen molar-refractivity contribution in [2.24, 2.45) is 0 Å². The van der Waals surface area contributed by atoms with Crippen LogP contribution in [-0.4, -0.2) is 35.2 Å². The fourth-order valence-corrected chi connectivity index (χ4v) is 3.83. The van der Waals surface area contributed by atoms with Crippen LogP contribution in [0.3, 0.4) is 0 Å². The molecule has 19 heavy (non-hydrogen) atoms. The Balaban J connectivity index is 2.45. The molecule has 0 aromatic carbocycles. The minimum absolute atomic E-state index is 0.382. The molecule has 0 spiro atoms. The molecule has 0 bridgehead atoms. The predicted molar refractivity (Wildman–Crippen MR) is 78.0 cm³/mol. The maximum Gasteiger partial charge on any atom is 0.250 e. The van der Waals surface area contributed by atoms with Crippen molar-refractivity contribution in [1.29, 1.82) is 0 Å². The number of hydrogen-bond donors (Lipinski definition) is 2. The van der Waals surface area contributed by atoms with Crippen LogP contribution >= 0.6 is 11.3 Å². The van der Waals surface area contributed by atoms with Gasteiger partial charge in [0.2, 0.25) is 10.0 Å². The molecule has 1 aromatic heterocycles. The van der Waals surface area contributed by atoms with Gasteiger partial charge in [-0.05, 0) is 36.4 Å². The molecule has 0 amide bonds. The van der Waals surface area contributed by atoms with Crippen LogP contribution in [0.4, 0.5) is 0 Å². The van der Waals surface area contributed by atoms with Gasteiger partial charge in [0, 0.05) is 26.8 Å². The number of sulfonamides is 1. The Kier molecular flexibility index (Phi) is 7.55. The number of rotatable bonds is 10. The Morgan fingerprint density at radius 3 is 2.84 bits per heavy atom. The van der Waals surface area contributed by atoms with Gasteiger partial charge in [0.25, 0.3) is 0 Å². The molecular weight excluding hydrogens is 284 g/mol. The first-order valence-electron chi connectivity index (χ1n) is 6.37. The molecule has 1 heterocycles. The molecule has 0 saturated carbocycles. The summed E-state index contributed by atoms with van der Waals surface area (Å²) in [5, 5.41) is 5.05. The molecule has 0 atom stereocenters. The lowest BCUT2D eigenvalue weighted by atomic mass is 10.3. The summed E-state index contributed by atoms with van der Waals surface area (Å²) in [5.74, 6) is 0. The van der Waals surface area contributed by atoms with Crippen molar-refractivity contribution in [2.45, 2.75) is 30.5 Å². The number of unbranched alkanes of at least 4 members (excludes halogenated alkanes) is 1. The zero-order valence-electron chi connectivity index (χ0n) is 11.4. The van der Waals surface area contributed by atoms with Crippen LogP contribution in [0.15, 0.2) is 15.7 Å². The second-order valence-electron chi connectivity index (χ2n) is 4.15. The number of thiophene rings is 1. The summed E-state index contributed by atoms with van der Waals surface area (Å²) in [5.41, 5.74) is 1.01. The Bertz CT molecular complexity index is 457. The van der Waals surface area contributed by atoms with Crippen LogP contribution in [0.25, 0.3) is 0 Å². The molecule has 1 rings (SSSR count). The van der Waals surface area contributed by atoms with Crippen LogP contribution in [0, 0.1) is 0 Å². The highest BCUT2D eigenvalue weighted by Crippen LogP contribution is 2.19. The van der Waals surface area contributed by atoms with E-state index < -0.39 is 10.0 Å². The molecular formula is C12H22N2O3S2. The summed E-state index contributed by atoms with van der Waals surface area (Å²) >= 11 is 1.26. The standard InChI is InChI=1S/C12H22N2O3S2/c1-3-13-9-11-8-12(18-10-11)19(15,16)14-6-4-5-7-17-2/h8,10,13-14H,3-7,9H2,1-2H3. The summed E-state index contributed by atoms with van der Waals surface area (Å²) < 4.78 is 31.9. The van der Waals surface area contributed by atoms with Crippen LogP contribution < -0.4 is 10.0 Å². The fraction of sp³-hybridized carbons (Fsp3) is 0.667. The van der Waals surface area contributed by atoms with Crippen molar-refractivity contribution in [3.8, 4) is 0 Å². The highest BCUT2D eigenvalue weighted by molar-refractivity contribution is 7.91. The fourth-order valence-electron chi connectivity index (χ4n) is 1.51. The average molecular weight is 306 g/mol. The van der Waals surface area contributed by atoms with Crippen molar-refractivity contribution < 1.29 is 13.2 Å². The Hall–Kier alpha value is -0.470. The van der Waals surface area contributed by atoms with Crippen molar-refractivity contribution in [1.82, 2.24) is 10.0 Å². The third-order valence-corrected chi connectivity index (χ3v) is 5.49. The highest BCUT2D eigenvalue weighted by Gasteiger charge is 2.15. The van der Waals surface area contributed by atoms with E-state index in [9.17, 15) is 8.42 Å². The molecule has 0 fully saturated rings. The van der Waals surface area contributed by atoms with Gasteiger partial charge in [0.1, 0.15) is 4.21 Å². The van der Waals surface area contributed by atoms with Gasteiger partial charge in [0.15, 0.2) is 0 Å². The molecule has 110 valence electrons. The molecule has 1 aromatic rings. The van der Waals surface area contributed by atoms with Gasteiger partial charge in [-0.2, -0.15) is 0 Å². The third-order valence-electron chi connectivity index (χ3n) is 2.54. The van der Waals surface area contributed by atoms with E-state index >= 15 is 0 Å². The van der Waals surface area contributed by atoms with E-state index in [1.807, 2.05) is 12.3 Å². The van der Waals surface area contributed by atoms with Crippen LogP contribution in [-0.2, 0) is 21.3 Å². The second-order valence-corrected chi connectivity index (χ2v) is 7.06. The molecule has 5 nitrogen and oxygen atoms in total. The van der Waals surface area contributed by atoms with Crippen LogP contribution in [0.5, 0.6) is 0 Å². The zero-order valence-corrected chi connectivity index (χ0v) is 13.1. The first-order valence-corrected chi connectivity index (χ1v) is 8.73. The van der Waals surface area contributed by atoms with Gasteiger partial charge < -0.3 is 10.1 Å². The quantitative estimate of drug-likeness (QED) is 0.644. The molecule has 0 aliphatic carbocycles. The lowest BCUT2D eigenvalue weighted by Crippen LogP contribution is -2.24. The maximum atomic E-state index is 12.0. The minimum atomic E-state index is -3.35. The SMILES string of the molecule is CCNCc1csc(S(=O)(=O)NCCCCOC)c1. The van der Waals surface area contributed by atoms with Crippen LogP contribution in [0.1, 0.15) is 25.3 Å². The topological polar surface area (TPSA) is 67.4 Å². The maximum absolute atomic E-state index is 12.0. The van der Waals surface area contributed by atoms with E-state index in [4.69, 9.17) is 4.74 Å². The van der Waals surface area contributed by atoms with E-state index in [-0.39, 0.29) is 0 Å². The van der Waals surface area contributed by atoms with Gasteiger partial charge >= 0.3 is 0 Å². The monoisotopic (exact) mass is 306 g/mol. The predicted octanol–water partition coefficient (Wildman–Crippen LogP) is 1.56. The normalized spacial score (nSPS) is 11.9. The largest absolute Gasteiger partial charge is 0.385 e. The lowest BCUT2D eigenvalue weighted by molar-refractivity contribution is 0.193. The van der Waals surface area contributed by atoms with Gasteiger partial charge in [-0.15, -0.1) is 11.3 Å². The minimum Gasteiger partial charge on any atom is -0.385 e. The van der Waals surface area contributed by atoms with E-state index in [2.05, 4.69) is 10.0 Å². The molecule has 7 heteroatoms. The smallest absolute Gasteiger partial charge is 0.250 e. The number of nitrogens with one attached hydrogen (secondary N) is 2. The summed E-state index contributed by atoms with van der Waals surface area (Å²) in [7, 11) is -1.71. The molecule has 0 aliphatic heterocycles. The van der Waals surface area contributed by atoms with Crippen molar-refractivity contribution in [3.05, 3.63) is 17.0 Å². The van der Waals surface area contributed by atoms with E-state index in [0.717, 1.165) is 24.9 Å². The number of hydrogen-bond acceptors (Lipinski definition) is 5.